The van der Waals surface area contributed by atoms with E-state index >= 15 is 0 Å². The van der Waals surface area contributed by atoms with Crippen molar-refractivity contribution in [2.45, 2.75) is 12.8 Å². The lowest BCUT2D eigenvalue weighted by Gasteiger charge is -2.13. The molecule has 0 aromatic heterocycles. The van der Waals surface area contributed by atoms with Gasteiger partial charge in [0.15, 0.2) is 0 Å². The number of aldehydes is 1. The molecule has 2 rings (SSSR count). The van der Waals surface area contributed by atoms with E-state index < -0.39 is 0 Å². The predicted molar refractivity (Wildman–Crippen MR) is 86.4 cm³/mol. The maximum Gasteiger partial charge on any atom is 0.150 e. The highest BCUT2D eigenvalue weighted by atomic mass is 35.5. The predicted octanol–water partition coefficient (Wildman–Crippen LogP) is 4.50. The molecule has 2 aromatic carbocycles. The van der Waals surface area contributed by atoms with Gasteiger partial charge in [-0.1, -0.05) is 48.0 Å². The Morgan fingerprint density at radius 3 is 2.62 bits per heavy atom. The molecular formula is C18H17ClO2. The molecule has 2 nitrogen and oxygen atoms in total. The summed E-state index contributed by atoms with van der Waals surface area (Å²) in [4.78, 5) is 10.9. The van der Waals surface area contributed by atoms with E-state index in [1.165, 1.54) is 5.56 Å². The molecule has 0 unspecified atom stereocenters. The van der Waals surface area contributed by atoms with Crippen LogP contribution in [0.2, 0.25) is 5.02 Å². The average Bonchev–Trinajstić information content (AvgIpc) is 2.51. The molecule has 0 heterocycles. The van der Waals surface area contributed by atoms with Crippen molar-refractivity contribution in [3.8, 4) is 5.75 Å². The Labute approximate surface area is 130 Å². The minimum absolute atomic E-state index is 0.463. The van der Waals surface area contributed by atoms with E-state index in [9.17, 15) is 4.79 Å². The van der Waals surface area contributed by atoms with Crippen molar-refractivity contribution in [2.75, 3.05) is 6.61 Å². The molecule has 0 N–H and O–H groups in total. The van der Waals surface area contributed by atoms with Crippen LogP contribution < -0.4 is 4.74 Å². The highest BCUT2D eigenvalue weighted by Gasteiger charge is 2.10. The summed E-state index contributed by atoms with van der Waals surface area (Å²) in [6.07, 6.45) is 3.97. The summed E-state index contributed by atoms with van der Waals surface area (Å²) in [5, 5.41) is 0.463. The van der Waals surface area contributed by atoms with E-state index in [-0.39, 0.29) is 0 Å². The number of carbonyl (C=O) groups is 1. The second-order valence-corrected chi connectivity index (χ2v) is 5.09. The Bertz CT molecular complexity index is 621. The van der Waals surface area contributed by atoms with E-state index in [1.54, 1.807) is 18.2 Å². The Morgan fingerprint density at radius 1 is 1.19 bits per heavy atom. The van der Waals surface area contributed by atoms with Gasteiger partial charge in [0.1, 0.15) is 12.0 Å². The number of hydrogen-bond acceptors (Lipinski definition) is 2. The zero-order valence-corrected chi connectivity index (χ0v) is 12.5. The number of rotatable bonds is 7. The normalized spacial score (nSPS) is 10.1. The molecule has 0 aliphatic carbocycles. The van der Waals surface area contributed by atoms with Crippen LogP contribution in [0.3, 0.4) is 0 Å². The van der Waals surface area contributed by atoms with Gasteiger partial charge in [-0.15, -0.1) is 6.58 Å². The van der Waals surface area contributed by atoms with Gasteiger partial charge in [-0.3, -0.25) is 4.79 Å². The highest BCUT2D eigenvalue weighted by molar-refractivity contribution is 6.32. The fourth-order valence-corrected chi connectivity index (χ4v) is 2.43. The van der Waals surface area contributed by atoms with Crippen molar-refractivity contribution in [3.63, 3.8) is 0 Å². The van der Waals surface area contributed by atoms with Crippen molar-refractivity contribution >= 4 is 17.9 Å². The summed E-state index contributed by atoms with van der Waals surface area (Å²) in [6.45, 7) is 4.26. The summed E-state index contributed by atoms with van der Waals surface area (Å²) < 4.78 is 5.83. The van der Waals surface area contributed by atoms with Crippen LogP contribution in [-0.2, 0) is 12.8 Å². The van der Waals surface area contributed by atoms with Crippen LogP contribution in [0.4, 0.5) is 0 Å². The average molecular weight is 301 g/mol. The number of allylic oxidation sites excluding steroid dienone is 1. The summed E-state index contributed by atoms with van der Waals surface area (Å²) in [7, 11) is 0. The zero-order valence-electron chi connectivity index (χ0n) is 11.7. The summed E-state index contributed by atoms with van der Waals surface area (Å²) in [5.74, 6) is 0.637. The van der Waals surface area contributed by atoms with Gasteiger partial charge in [-0.2, -0.15) is 0 Å². The van der Waals surface area contributed by atoms with Gasteiger partial charge in [0, 0.05) is 17.5 Å². The third kappa shape index (κ3) is 4.20. The molecule has 0 bridgehead atoms. The topological polar surface area (TPSA) is 26.3 Å². The first-order valence-corrected chi connectivity index (χ1v) is 7.17. The quantitative estimate of drug-likeness (QED) is 0.556. The molecule has 0 spiro atoms. The van der Waals surface area contributed by atoms with Crippen LogP contribution in [0.25, 0.3) is 0 Å². The van der Waals surface area contributed by atoms with E-state index in [0.717, 1.165) is 18.3 Å². The van der Waals surface area contributed by atoms with Gasteiger partial charge < -0.3 is 4.74 Å². The van der Waals surface area contributed by atoms with Crippen LogP contribution in [0.15, 0.2) is 55.1 Å². The van der Waals surface area contributed by atoms with Gasteiger partial charge in [0.2, 0.25) is 0 Å². The minimum Gasteiger partial charge on any atom is -0.491 e. The first-order valence-electron chi connectivity index (χ1n) is 6.80. The number of carbonyl (C=O) groups excluding carboxylic acids is 1. The summed E-state index contributed by atoms with van der Waals surface area (Å²) in [6, 6.07) is 13.5. The Kier molecular flexibility index (Phi) is 5.59. The van der Waals surface area contributed by atoms with Crippen LogP contribution in [0, 0.1) is 0 Å². The fraction of sp³-hybridized carbons (Fsp3) is 0.167. The first-order chi connectivity index (χ1) is 10.2. The Hall–Kier alpha value is -2.06. The maximum absolute atomic E-state index is 10.9. The number of benzene rings is 2. The molecular weight excluding hydrogens is 284 g/mol. The maximum atomic E-state index is 10.9. The lowest BCUT2D eigenvalue weighted by atomic mass is 10.1. The van der Waals surface area contributed by atoms with Crippen molar-refractivity contribution in [3.05, 3.63) is 76.8 Å². The molecule has 0 saturated carbocycles. The first kappa shape index (κ1) is 15.3. The summed E-state index contributed by atoms with van der Waals surface area (Å²) in [5.41, 5.74) is 2.64. The molecule has 0 atom stereocenters. The van der Waals surface area contributed by atoms with E-state index in [2.05, 4.69) is 18.7 Å². The molecule has 2 aromatic rings. The van der Waals surface area contributed by atoms with Crippen LogP contribution in [0.5, 0.6) is 5.75 Å². The molecule has 21 heavy (non-hydrogen) atoms. The van der Waals surface area contributed by atoms with Crippen molar-refractivity contribution < 1.29 is 9.53 Å². The molecule has 0 radical (unpaired) electrons. The van der Waals surface area contributed by atoms with Crippen molar-refractivity contribution in [1.29, 1.82) is 0 Å². The fourth-order valence-electron chi connectivity index (χ4n) is 2.13. The molecule has 0 aliphatic rings. The zero-order chi connectivity index (χ0) is 15.1. The molecule has 0 amide bonds. The second kappa shape index (κ2) is 7.65. The lowest BCUT2D eigenvalue weighted by Crippen LogP contribution is -2.04. The van der Waals surface area contributed by atoms with Gasteiger partial charge in [-0.05, 0) is 24.1 Å². The van der Waals surface area contributed by atoms with Gasteiger partial charge in [-0.25, -0.2) is 0 Å². The minimum atomic E-state index is 0.463. The monoisotopic (exact) mass is 300 g/mol. The Morgan fingerprint density at radius 2 is 1.95 bits per heavy atom. The van der Waals surface area contributed by atoms with Crippen LogP contribution in [0.1, 0.15) is 21.5 Å². The van der Waals surface area contributed by atoms with Gasteiger partial charge >= 0.3 is 0 Å². The third-order valence-corrected chi connectivity index (χ3v) is 3.40. The third-order valence-electron chi connectivity index (χ3n) is 3.12. The number of halogens is 1. The highest BCUT2D eigenvalue weighted by Crippen LogP contribution is 2.31. The molecule has 0 saturated heterocycles. The number of hydrogen-bond donors (Lipinski definition) is 0. The van der Waals surface area contributed by atoms with Crippen LogP contribution >= 0.6 is 11.6 Å². The van der Waals surface area contributed by atoms with Crippen LogP contribution in [-0.4, -0.2) is 12.9 Å². The standard InChI is InChI=1S/C18H17ClO2/c1-2-6-16-11-15(13-20)12-17(19)18(16)21-10-9-14-7-4-3-5-8-14/h2-5,7-8,11-13H,1,6,9-10H2. The SMILES string of the molecule is C=CCc1cc(C=O)cc(Cl)c1OCCc1ccccc1. The smallest absolute Gasteiger partial charge is 0.150 e. The van der Waals surface area contributed by atoms with E-state index in [1.807, 2.05) is 18.2 Å². The largest absolute Gasteiger partial charge is 0.491 e. The van der Waals surface area contributed by atoms with E-state index in [0.29, 0.717) is 29.4 Å². The molecule has 0 fully saturated rings. The number of ether oxygens (including phenoxy) is 1. The molecule has 108 valence electrons. The second-order valence-electron chi connectivity index (χ2n) is 4.69. The Balaban J connectivity index is 2.11. The molecule has 3 heteroatoms. The van der Waals surface area contributed by atoms with Gasteiger partial charge in [0.25, 0.3) is 0 Å². The molecule has 0 aliphatic heterocycles. The van der Waals surface area contributed by atoms with E-state index in [4.69, 9.17) is 16.3 Å². The lowest BCUT2D eigenvalue weighted by molar-refractivity contribution is 0.112. The summed E-state index contributed by atoms with van der Waals surface area (Å²) >= 11 is 6.21. The van der Waals surface area contributed by atoms with Crippen molar-refractivity contribution in [1.82, 2.24) is 0 Å². The van der Waals surface area contributed by atoms with Gasteiger partial charge in [0.05, 0.1) is 11.6 Å². The van der Waals surface area contributed by atoms with Crippen molar-refractivity contribution in [2.24, 2.45) is 0 Å².